The molecule has 1 N–H and O–H groups in total. The van der Waals surface area contributed by atoms with Gasteiger partial charge in [0, 0.05) is 11.4 Å². The summed E-state index contributed by atoms with van der Waals surface area (Å²) in [6.07, 6.45) is 3.79. The van der Waals surface area contributed by atoms with Crippen LogP contribution < -0.4 is 5.32 Å². The lowest BCUT2D eigenvalue weighted by atomic mass is 9.70. The van der Waals surface area contributed by atoms with Crippen molar-refractivity contribution in [1.29, 1.82) is 5.26 Å². The Morgan fingerprint density at radius 1 is 1.24 bits per heavy atom. The Labute approximate surface area is 108 Å². The Balaban J connectivity index is 2.25. The number of halogens is 1. The molecule has 3 heteroatoms. The standard InChI is InChI=1S/C14H17ClN2/c15-13-4-2-12(3-5-13)14(6-1-9-16)7-10-17-11-8-14/h2-5,17H,1,6-8,10-11H2. The van der Waals surface area contributed by atoms with Gasteiger partial charge in [-0.05, 0) is 55.5 Å². The number of nitriles is 1. The Morgan fingerprint density at radius 2 is 1.88 bits per heavy atom. The zero-order valence-corrected chi connectivity index (χ0v) is 10.6. The largest absolute Gasteiger partial charge is 0.317 e. The van der Waals surface area contributed by atoms with E-state index >= 15 is 0 Å². The average Bonchev–Trinajstić information content (AvgIpc) is 2.38. The Kier molecular flexibility index (Phi) is 4.04. The van der Waals surface area contributed by atoms with Gasteiger partial charge in [-0.2, -0.15) is 5.26 Å². The first-order chi connectivity index (χ1) is 8.27. The third kappa shape index (κ3) is 2.80. The van der Waals surface area contributed by atoms with Crippen molar-refractivity contribution in [2.75, 3.05) is 13.1 Å². The lowest BCUT2D eigenvalue weighted by molar-refractivity contribution is 0.290. The molecule has 1 aliphatic heterocycles. The number of nitrogens with zero attached hydrogens (tertiary/aromatic N) is 1. The van der Waals surface area contributed by atoms with E-state index in [9.17, 15) is 0 Å². The molecule has 0 saturated carbocycles. The van der Waals surface area contributed by atoms with E-state index < -0.39 is 0 Å². The van der Waals surface area contributed by atoms with E-state index in [2.05, 4.69) is 23.5 Å². The molecule has 0 amide bonds. The van der Waals surface area contributed by atoms with Gasteiger partial charge in [-0.15, -0.1) is 0 Å². The van der Waals surface area contributed by atoms with Crippen LogP contribution in [0.1, 0.15) is 31.2 Å². The van der Waals surface area contributed by atoms with Crippen LogP contribution in [0.25, 0.3) is 0 Å². The summed E-state index contributed by atoms with van der Waals surface area (Å²) in [5, 5.41) is 13.0. The molecule has 2 rings (SSSR count). The Hall–Kier alpha value is -1.04. The van der Waals surface area contributed by atoms with Crippen molar-refractivity contribution in [1.82, 2.24) is 5.32 Å². The maximum Gasteiger partial charge on any atom is 0.0622 e. The topological polar surface area (TPSA) is 35.8 Å². The minimum absolute atomic E-state index is 0.172. The third-order valence-corrected chi connectivity index (χ3v) is 3.98. The summed E-state index contributed by atoms with van der Waals surface area (Å²) in [5.41, 5.74) is 1.50. The fourth-order valence-electron chi connectivity index (χ4n) is 2.69. The number of piperidine rings is 1. The van der Waals surface area contributed by atoms with Crippen LogP contribution in [0, 0.1) is 11.3 Å². The molecule has 0 unspecified atom stereocenters. The van der Waals surface area contributed by atoms with Gasteiger partial charge in [-0.25, -0.2) is 0 Å². The van der Waals surface area contributed by atoms with Crippen molar-refractivity contribution in [2.45, 2.75) is 31.1 Å². The number of nitrogens with one attached hydrogen (secondary N) is 1. The van der Waals surface area contributed by atoms with Gasteiger partial charge in [0.1, 0.15) is 0 Å². The number of rotatable bonds is 3. The fraction of sp³-hybridized carbons (Fsp3) is 0.500. The molecule has 17 heavy (non-hydrogen) atoms. The summed E-state index contributed by atoms with van der Waals surface area (Å²) in [7, 11) is 0. The lowest BCUT2D eigenvalue weighted by Crippen LogP contribution is -2.39. The maximum absolute atomic E-state index is 8.82. The van der Waals surface area contributed by atoms with Crippen molar-refractivity contribution in [3.05, 3.63) is 34.9 Å². The van der Waals surface area contributed by atoms with Gasteiger partial charge in [0.05, 0.1) is 6.07 Å². The molecule has 0 spiro atoms. The van der Waals surface area contributed by atoms with E-state index in [1.54, 1.807) is 0 Å². The summed E-state index contributed by atoms with van der Waals surface area (Å²) in [4.78, 5) is 0. The first kappa shape index (κ1) is 12.4. The second-order valence-electron chi connectivity index (χ2n) is 4.70. The van der Waals surface area contributed by atoms with Crippen LogP contribution in [0.15, 0.2) is 24.3 Å². The van der Waals surface area contributed by atoms with Crippen molar-refractivity contribution >= 4 is 11.6 Å². The fourth-order valence-corrected chi connectivity index (χ4v) is 2.81. The van der Waals surface area contributed by atoms with Crippen molar-refractivity contribution < 1.29 is 0 Å². The molecule has 1 saturated heterocycles. The van der Waals surface area contributed by atoms with Crippen LogP contribution in [0.5, 0.6) is 0 Å². The van der Waals surface area contributed by atoms with Gasteiger partial charge in [-0.1, -0.05) is 23.7 Å². The van der Waals surface area contributed by atoms with E-state index in [-0.39, 0.29) is 5.41 Å². The maximum atomic E-state index is 8.82. The van der Waals surface area contributed by atoms with Crippen molar-refractivity contribution in [3.8, 4) is 6.07 Å². The molecule has 1 fully saturated rings. The quantitative estimate of drug-likeness (QED) is 0.891. The zero-order valence-electron chi connectivity index (χ0n) is 9.88. The summed E-state index contributed by atoms with van der Waals surface area (Å²) in [6.45, 7) is 2.07. The summed E-state index contributed by atoms with van der Waals surface area (Å²) in [6, 6.07) is 10.4. The van der Waals surface area contributed by atoms with Crippen LogP contribution in [0.3, 0.4) is 0 Å². The highest BCUT2D eigenvalue weighted by Gasteiger charge is 2.33. The SMILES string of the molecule is N#CCCC1(c2ccc(Cl)cc2)CCNCC1. The van der Waals surface area contributed by atoms with E-state index in [1.165, 1.54) is 5.56 Å². The summed E-state index contributed by atoms with van der Waals surface area (Å²) < 4.78 is 0. The first-order valence-electron chi connectivity index (χ1n) is 6.11. The molecule has 0 atom stereocenters. The predicted octanol–water partition coefficient (Wildman–Crippen LogP) is 3.26. The highest BCUT2D eigenvalue weighted by molar-refractivity contribution is 6.30. The van der Waals surface area contributed by atoms with Crippen LogP contribution >= 0.6 is 11.6 Å². The highest BCUT2D eigenvalue weighted by atomic mass is 35.5. The molecule has 0 bridgehead atoms. The van der Waals surface area contributed by atoms with Crippen molar-refractivity contribution in [2.24, 2.45) is 0 Å². The number of benzene rings is 1. The predicted molar refractivity (Wildman–Crippen MR) is 70.1 cm³/mol. The molecular formula is C14H17ClN2. The molecule has 90 valence electrons. The van der Waals surface area contributed by atoms with Gasteiger partial charge >= 0.3 is 0 Å². The molecule has 0 aliphatic carbocycles. The normalized spacial score (nSPS) is 18.6. The number of hydrogen-bond donors (Lipinski definition) is 1. The lowest BCUT2D eigenvalue weighted by Gasteiger charge is -2.38. The Morgan fingerprint density at radius 3 is 2.47 bits per heavy atom. The van der Waals surface area contributed by atoms with E-state index in [0.717, 1.165) is 37.4 Å². The second kappa shape index (κ2) is 5.53. The smallest absolute Gasteiger partial charge is 0.0622 e. The van der Waals surface area contributed by atoms with Gasteiger partial charge in [-0.3, -0.25) is 0 Å². The van der Waals surface area contributed by atoms with E-state index in [0.29, 0.717) is 6.42 Å². The summed E-state index contributed by atoms with van der Waals surface area (Å²) in [5.74, 6) is 0. The van der Waals surface area contributed by atoms with Gasteiger partial charge in [0.25, 0.3) is 0 Å². The van der Waals surface area contributed by atoms with Gasteiger partial charge in [0.2, 0.25) is 0 Å². The molecule has 0 radical (unpaired) electrons. The van der Waals surface area contributed by atoms with Crippen molar-refractivity contribution in [3.63, 3.8) is 0 Å². The van der Waals surface area contributed by atoms with Crippen LogP contribution in [-0.4, -0.2) is 13.1 Å². The van der Waals surface area contributed by atoms with Gasteiger partial charge < -0.3 is 5.32 Å². The molecule has 1 aromatic carbocycles. The third-order valence-electron chi connectivity index (χ3n) is 3.73. The average molecular weight is 249 g/mol. The molecule has 1 aromatic rings. The van der Waals surface area contributed by atoms with E-state index in [4.69, 9.17) is 16.9 Å². The van der Waals surface area contributed by atoms with Gasteiger partial charge in [0.15, 0.2) is 0 Å². The summed E-state index contributed by atoms with van der Waals surface area (Å²) >= 11 is 5.94. The first-order valence-corrected chi connectivity index (χ1v) is 6.48. The van der Waals surface area contributed by atoms with Crippen LogP contribution in [0.4, 0.5) is 0 Å². The zero-order chi connectivity index (χ0) is 12.1. The Bertz CT molecular complexity index is 399. The highest BCUT2D eigenvalue weighted by Crippen LogP contribution is 2.38. The minimum atomic E-state index is 0.172. The van der Waals surface area contributed by atoms with Crippen LogP contribution in [-0.2, 0) is 5.41 Å². The molecule has 2 nitrogen and oxygen atoms in total. The molecule has 1 heterocycles. The molecule has 0 aromatic heterocycles. The van der Waals surface area contributed by atoms with E-state index in [1.807, 2.05) is 12.1 Å². The molecular weight excluding hydrogens is 232 g/mol. The molecule has 1 aliphatic rings. The second-order valence-corrected chi connectivity index (χ2v) is 5.13. The monoisotopic (exact) mass is 248 g/mol. The number of hydrogen-bond acceptors (Lipinski definition) is 2. The minimum Gasteiger partial charge on any atom is -0.317 e. The van der Waals surface area contributed by atoms with Crippen LogP contribution in [0.2, 0.25) is 5.02 Å².